The summed E-state index contributed by atoms with van der Waals surface area (Å²) in [6.07, 6.45) is 8.81. The largest absolute Gasteiger partial charge is 0.484 e. The molecule has 0 N–H and O–H groups in total. The lowest BCUT2D eigenvalue weighted by Crippen LogP contribution is -2.28. The van der Waals surface area contributed by atoms with Crippen molar-refractivity contribution in [2.75, 3.05) is 0 Å². The Morgan fingerprint density at radius 2 is 2.08 bits per heavy atom. The zero-order valence-electron chi connectivity index (χ0n) is 15.3. The van der Waals surface area contributed by atoms with Crippen molar-refractivity contribution in [1.29, 1.82) is 0 Å². The first-order valence-electron chi connectivity index (χ1n) is 8.67. The minimum absolute atomic E-state index is 0.0444. The van der Waals surface area contributed by atoms with Crippen molar-refractivity contribution < 1.29 is 19.1 Å². The normalized spacial score (nSPS) is 24.9. The third-order valence-corrected chi connectivity index (χ3v) is 4.56. The molecule has 132 valence electrons. The van der Waals surface area contributed by atoms with E-state index < -0.39 is 5.60 Å². The lowest BCUT2D eigenvalue weighted by atomic mass is 9.98. The summed E-state index contributed by atoms with van der Waals surface area (Å²) in [7, 11) is 0. The second-order valence-corrected chi connectivity index (χ2v) is 7.50. The molecule has 4 heteroatoms. The number of cyclic esters (lactones) is 1. The lowest BCUT2D eigenvalue weighted by molar-refractivity contribution is -0.142. The van der Waals surface area contributed by atoms with E-state index in [0.29, 0.717) is 0 Å². The zero-order valence-corrected chi connectivity index (χ0v) is 15.3. The fourth-order valence-electron chi connectivity index (χ4n) is 3.05. The van der Waals surface area contributed by atoms with E-state index in [1.54, 1.807) is 26.0 Å². The molecule has 2 atom stereocenters. The molecular formula is C20H28O4. The van der Waals surface area contributed by atoms with Crippen LogP contribution in [0.4, 0.5) is 0 Å². The van der Waals surface area contributed by atoms with E-state index in [4.69, 9.17) is 9.47 Å². The van der Waals surface area contributed by atoms with Gasteiger partial charge in [-0.15, -0.1) is 0 Å². The quantitative estimate of drug-likeness (QED) is 0.538. The first kappa shape index (κ1) is 18.5. The molecule has 0 spiro atoms. The van der Waals surface area contributed by atoms with Gasteiger partial charge in [0.05, 0.1) is 0 Å². The van der Waals surface area contributed by atoms with Gasteiger partial charge in [-0.2, -0.15) is 0 Å². The van der Waals surface area contributed by atoms with Crippen LogP contribution in [-0.2, 0) is 19.1 Å². The van der Waals surface area contributed by atoms with Gasteiger partial charge in [-0.3, -0.25) is 4.79 Å². The molecule has 0 amide bonds. The molecule has 0 aromatic rings. The zero-order chi connectivity index (χ0) is 17.9. The first-order valence-corrected chi connectivity index (χ1v) is 8.67. The van der Waals surface area contributed by atoms with Gasteiger partial charge in [0.2, 0.25) is 5.78 Å². The fraction of sp³-hybridized carbons (Fsp3) is 0.600. The van der Waals surface area contributed by atoms with Gasteiger partial charge in [0.1, 0.15) is 11.9 Å². The Bertz CT molecular complexity index is 607. The van der Waals surface area contributed by atoms with Crippen LogP contribution in [0.5, 0.6) is 0 Å². The molecular weight excluding hydrogens is 304 g/mol. The molecule has 0 saturated heterocycles. The number of hydrogen-bond donors (Lipinski definition) is 0. The van der Waals surface area contributed by atoms with Crippen LogP contribution >= 0.6 is 0 Å². The lowest BCUT2D eigenvalue weighted by Gasteiger charge is -2.21. The molecule has 0 aromatic carbocycles. The number of ketones is 1. The molecule has 24 heavy (non-hydrogen) atoms. The Kier molecular flexibility index (Phi) is 5.68. The summed E-state index contributed by atoms with van der Waals surface area (Å²) in [6, 6.07) is 0. The van der Waals surface area contributed by atoms with E-state index in [0.717, 1.165) is 37.0 Å². The van der Waals surface area contributed by atoms with Crippen molar-refractivity contribution in [1.82, 2.24) is 0 Å². The molecule has 0 saturated carbocycles. The van der Waals surface area contributed by atoms with Gasteiger partial charge in [-0.1, -0.05) is 18.1 Å². The predicted octanol–water partition coefficient (Wildman–Crippen LogP) is 4.26. The maximum absolute atomic E-state index is 11.8. The first-order chi connectivity index (χ1) is 11.2. The van der Waals surface area contributed by atoms with Gasteiger partial charge in [0.15, 0.2) is 5.60 Å². The third-order valence-electron chi connectivity index (χ3n) is 4.56. The maximum atomic E-state index is 11.8. The molecule has 2 heterocycles. The SMILES string of the molecule is CC1=CC(=O)O[C@H](/C=C(\C)CCC[C@H](C)C2=CC(=O)C(C)(C)O2)C1. The van der Waals surface area contributed by atoms with E-state index in [-0.39, 0.29) is 23.8 Å². The molecule has 2 rings (SSSR count). The van der Waals surface area contributed by atoms with Gasteiger partial charge in [-0.05, 0) is 53.0 Å². The van der Waals surface area contributed by atoms with E-state index >= 15 is 0 Å². The van der Waals surface area contributed by atoms with E-state index in [2.05, 4.69) is 19.9 Å². The maximum Gasteiger partial charge on any atom is 0.331 e. The molecule has 2 aliphatic heterocycles. The number of carbonyl (C=O) groups is 2. The summed E-state index contributed by atoms with van der Waals surface area (Å²) in [4.78, 5) is 23.2. The third kappa shape index (κ3) is 4.83. The minimum atomic E-state index is -0.713. The number of hydrogen-bond acceptors (Lipinski definition) is 4. The van der Waals surface area contributed by atoms with Crippen molar-refractivity contribution in [2.45, 2.75) is 72.0 Å². The van der Waals surface area contributed by atoms with Crippen molar-refractivity contribution in [3.8, 4) is 0 Å². The Hall–Kier alpha value is -1.84. The van der Waals surface area contributed by atoms with Crippen LogP contribution in [0.15, 0.2) is 35.1 Å². The molecule has 4 nitrogen and oxygen atoms in total. The van der Waals surface area contributed by atoms with Gasteiger partial charge in [-0.25, -0.2) is 4.79 Å². The number of allylic oxidation sites excluding steroid dienone is 2. The number of carbonyl (C=O) groups excluding carboxylic acids is 2. The fourth-order valence-corrected chi connectivity index (χ4v) is 3.05. The van der Waals surface area contributed by atoms with Crippen LogP contribution in [0.25, 0.3) is 0 Å². The predicted molar refractivity (Wildman–Crippen MR) is 93.3 cm³/mol. The minimum Gasteiger partial charge on any atom is -0.484 e. The Balaban J connectivity index is 1.79. The highest BCUT2D eigenvalue weighted by Gasteiger charge is 2.36. The van der Waals surface area contributed by atoms with Crippen molar-refractivity contribution in [3.05, 3.63) is 35.1 Å². The monoisotopic (exact) mass is 332 g/mol. The highest BCUT2D eigenvalue weighted by Crippen LogP contribution is 2.31. The summed E-state index contributed by atoms with van der Waals surface area (Å²) in [5.41, 5.74) is 1.58. The highest BCUT2D eigenvalue weighted by atomic mass is 16.5. The highest BCUT2D eigenvalue weighted by molar-refractivity contribution is 5.98. The summed E-state index contributed by atoms with van der Waals surface area (Å²) in [6.45, 7) is 9.73. The molecule has 0 aliphatic carbocycles. The van der Waals surface area contributed by atoms with Gasteiger partial charge < -0.3 is 9.47 Å². The molecule has 0 aromatic heterocycles. The van der Waals surface area contributed by atoms with Crippen LogP contribution < -0.4 is 0 Å². The molecule has 0 fully saturated rings. The summed E-state index contributed by atoms with van der Waals surface area (Å²) in [5, 5.41) is 0. The number of rotatable bonds is 6. The number of esters is 1. The molecule has 0 unspecified atom stereocenters. The second kappa shape index (κ2) is 7.37. The average molecular weight is 332 g/mol. The molecule has 2 aliphatic rings. The summed E-state index contributed by atoms with van der Waals surface area (Å²) < 4.78 is 11.1. The van der Waals surface area contributed by atoms with Crippen molar-refractivity contribution >= 4 is 11.8 Å². The number of ether oxygens (including phenoxy) is 2. The summed E-state index contributed by atoms with van der Waals surface area (Å²) in [5.74, 6) is 0.830. The van der Waals surface area contributed by atoms with Crippen LogP contribution in [0, 0.1) is 5.92 Å². The Morgan fingerprint density at radius 1 is 1.38 bits per heavy atom. The van der Waals surface area contributed by atoms with E-state index in [1.165, 1.54) is 5.57 Å². The molecule has 0 radical (unpaired) electrons. The van der Waals surface area contributed by atoms with Crippen LogP contribution in [-0.4, -0.2) is 23.5 Å². The smallest absolute Gasteiger partial charge is 0.331 e. The molecule has 0 bridgehead atoms. The van der Waals surface area contributed by atoms with Crippen LogP contribution in [0.2, 0.25) is 0 Å². The summed E-state index contributed by atoms with van der Waals surface area (Å²) >= 11 is 0. The standard InChI is InChI=1S/C20H28O4/c1-13(9-16-10-14(2)11-19(22)23-16)7-6-8-15(3)17-12-18(21)20(4,5)24-17/h9,11-12,15-16H,6-8,10H2,1-5H3/b13-9+/t15-,16+/m0/s1. The Morgan fingerprint density at radius 3 is 2.67 bits per heavy atom. The van der Waals surface area contributed by atoms with Crippen LogP contribution in [0.1, 0.15) is 60.3 Å². The second-order valence-electron chi connectivity index (χ2n) is 7.50. The van der Waals surface area contributed by atoms with Crippen molar-refractivity contribution in [2.24, 2.45) is 5.92 Å². The average Bonchev–Trinajstić information content (AvgIpc) is 2.71. The van der Waals surface area contributed by atoms with Crippen molar-refractivity contribution in [3.63, 3.8) is 0 Å². The van der Waals surface area contributed by atoms with Gasteiger partial charge in [0.25, 0.3) is 0 Å². The Labute approximate surface area is 144 Å². The van der Waals surface area contributed by atoms with Gasteiger partial charge >= 0.3 is 5.97 Å². The van der Waals surface area contributed by atoms with E-state index in [9.17, 15) is 9.59 Å². The van der Waals surface area contributed by atoms with Gasteiger partial charge in [0, 0.05) is 24.5 Å². The van der Waals surface area contributed by atoms with Crippen LogP contribution in [0.3, 0.4) is 0 Å². The van der Waals surface area contributed by atoms with E-state index in [1.807, 2.05) is 6.92 Å². The topological polar surface area (TPSA) is 52.6 Å².